The molecule has 0 saturated carbocycles. The zero-order chi connectivity index (χ0) is 23.0. The van der Waals surface area contributed by atoms with E-state index in [-0.39, 0.29) is 12.1 Å². The maximum Gasteiger partial charge on any atom is 0.416 e. The van der Waals surface area contributed by atoms with E-state index >= 15 is 0 Å². The first kappa shape index (κ1) is 21.3. The summed E-state index contributed by atoms with van der Waals surface area (Å²) in [6.07, 6.45) is -0.311. The van der Waals surface area contributed by atoms with Gasteiger partial charge in [-0.05, 0) is 59.0 Å². The Morgan fingerprint density at radius 1 is 0.970 bits per heavy atom. The molecule has 0 spiro atoms. The number of likely N-dealkylation sites (tertiary alicyclic amines) is 1. The number of alkyl halides is 3. The Labute approximate surface area is 189 Å². The number of hydrogen-bond acceptors (Lipinski definition) is 3. The third-order valence-corrected chi connectivity index (χ3v) is 6.09. The number of halogens is 3. The van der Waals surface area contributed by atoms with Gasteiger partial charge in [0.15, 0.2) is 0 Å². The van der Waals surface area contributed by atoms with Crippen molar-refractivity contribution in [2.75, 3.05) is 19.6 Å². The van der Waals surface area contributed by atoms with Crippen molar-refractivity contribution < 1.29 is 22.7 Å². The summed E-state index contributed by atoms with van der Waals surface area (Å²) in [4.78, 5) is 20.6. The Hall–Kier alpha value is -3.55. The van der Waals surface area contributed by atoms with Gasteiger partial charge >= 0.3 is 12.2 Å². The number of aromatic nitrogens is 1. The summed E-state index contributed by atoms with van der Waals surface area (Å²) in [5, 5.41) is 0. The first-order valence-electron chi connectivity index (χ1n) is 10.8. The van der Waals surface area contributed by atoms with Crippen LogP contribution >= 0.6 is 0 Å². The minimum Gasteiger partial charge on any atom is -0.485 e. The van der Waals surface area contributed by atoms with Gasteiger partial charge < -0.3 is 14.5 Å². The molecule has 0 unspecified atom stereocenters. The van der Waals surface area contributed by atoms with Gasteiger partial charge in [-0.15, -0.1) is 0 Å². The Morgan fingerprint density at radius 2 is 1.73 bits per heavy atom. The number of carbonyl (C=O) groups excluding carboxylic acids is 1. The first-order chi connectivity index (χ1) is 15.9. The average Bonchev–Trinajstić information content (AvgIpc) is 2.80. The van der Waals surface area contributed by atoms with E-state index in [0.717, 1.165) is 35.2 Å². The molecule has 1 fully saturated rings. The van der Waals surface area contributed by atoms with Crippen molar-refractivity contribution in [3.8, 4) is 16.9 Å². The highest BCUT2D eigenvalue weighted by atomic mass is 19.4. The number of amides is 2. The molecule has 2 aliphatic heterocycles. The van der Waals surface area contributed by atoms with Gasteiger partial charge in [0.05, 0.1) is 24.8 Å². The summed E-state index contributed by atoms with van der Waals surface area (Å²) in [5.74, 6) is 0.692. The van der Waals surface area contributed by atoms with E-state index in [2.05, 4.69) is 4.98 Å². The van der Waals surface area contributed by atoms with Crippen LogP contribution in [0.25, 0.3) is 11.1 Å². The largest absolute Gasteiger partial charge is 0.485 e. The third kappa shape index (κ3) is 4.51. The minimum atomic E-state index is -4.35. The van der Waals surface area contributed by atoms with Crippen molar-refractivity contribution in [3.05, 3.63) is 83.7 Å². The summed E-state index contributed by atoms with van der Waals surface area (Å²) in [7, 11) is 0. The maximum atomic E-state index is 13.0. The van der Waals surface area contributed by atoms with E-state index in [9.17, 15) is 18.0 Å². The molecular weight excluding hydrogens is 431 g/mol. The van der Waals surface area contributed by atoms with Gasteiger partial charge in [-0.1, -0.05) is 24.3 Å². The number of ether oxygens (including phenoxy) is 1. The van der Waals surface area contributed by atoms with Gasteiger partial charge in [0.1, 0.15) is 11.9 Å². The van der Waals surface area contributed by atoms with Gasteiger partial charge in [-0.25, -0.2) is 4.79 Å². The standard InChI is InChI=1S/C25H22F3N3O2/c26-25(27,28)21-7-5-17(6-8-21)19-4-3-18-9-11-30(14-20(18)12-19)24(32)31-15-23(16-31)33-22-2-1-10-29-13-22/h1-8,10,12-13,23H,9,11,14-16H2. The van der Waals surface area contributed by atoms with Crippen LogP contribution in [0.1, 0.15) is 16.7 Å². The molecule has 5 rings (SSSR count). The number of nitrogens with zero attached hydrogens (tertiary/aromatic N) is 3. The molecule has 1 aromatic heterocycles. The summed E-state index contributed by atoms with van der Waals surface area (Å²) < 4.78 is 44.4. The second-order valence-electron chi connectivity index (χ2n) is 8.35. The normalized spacial score (nSPS) is 16.2. The van der Waals surface area contributed by atoms with E-state index in [1.165, 1.54) is 12.1 Å². The molecule has 0 bridgehead atoms. The quantitative estimate of drug-likeness (QED) is 0.560. The van der Waals surface area contributed by atoms with E-state index < -0.39 is 11.7 Å². The smallest absolute Gasteiger partial charge is 0.416 e. The molecular formula is C25H22F3N3O2. The fourth-order valence-corrected chi connectivity index (χ4v) is 4.23. The molecule has 3 aromatic rings. The molecule has 2 aliphatic rings. The van der Waals surface area contributed by atoms with Gasteiger partial charge in [0.2, 0.25) is 0 Å². The van der Waals surface area contributed by atoms with Crippen LogP contribution in [0, 0.1) is 0 Å². The van der Waals surface area contributed by atoms with Crippen molar-refractivity contribution in [2.24, 2.45) is 0 Å². The number of pyridine rings is 1. The summed E-state index contributed by atoms with van der Waals surface area (Å²) >= 11 is 0. The predicted octanol–water partition coefficient (Wildman–Crippen LogP) is 5.01. The van der Waals surface area contributed by atoms with Crippen LogP contribution in [-0.2, 0) is 19.1 Å². The van der Waals surface area contributed by atoms with Crippen LogP contribution in [0.2, 0.25) is 0 Å². The first-order valence-corrected chi connectivity index (χ1v) is 10.8. The predicted molar refractivity (Wildman–Crippen MR) is 117 cm³/mol. The van der Waals surface area contributed by atoms with Crippen LogP contribution in [0.5, 0.6) is 5.75 Å². The highest BCUT2D eigenvalue weighted by Gasteiger charge is 2.36. The van der Waals surface area contributed by atoms with E-state index in [4.69, 9.17) is 4.74 Å². The van der Waals surface area contributed by atoms with E-state index in [0.29, 0.717) is 37.5 Å². The van der Waals surface area contributed by atoms with Crippen molar-refractivity contribution >= 4 is 6.03 Å². The van der Waals surface area contributed by atoms with Crippen LogP contribution in [0.3, 0.4) is 0 Å². The van der Waals surface area contributed by atoms with Gasteiger partial charge in [0.25, 0.3) is 0 Å². The average molecular weight is 453 g/mol. The van der Waals surface area contributed by atoms with Crippen LogP contribution in [-0.4, -0.2) is 46.6 Å². The molecule has 8 heteroatoms. The van der Waals surface area contributed by atoms with Crippen molar-refractivity contribution in [1.82, 2.24) is 14.8 Å². The summed E-state index contributed by atoms with van der Waals surface area (Å²) in [6.45, 7) is 2.18. The lowest BCUT2D eigenvalue weighted by Crippen LogP contribution is -2.60. The zero-order valence-electron chi connectivity index (χ0n) is 17.8. The van der Waals surface area contributed by atoms with Gasteiger partial charge in [-0.3, -0.25) is 4.98 Å². The number of hydrogen-bond donors (Lipinski definition) is 0. The number of urea groups is 1. The second kappa shape index (κ2) is 8.42. The highest BCUT2D eigenvalue weighted by molar-refractivity contribution is 5.76. The lowest BCUT2D eigenvalue weighted by Gasteiger charge is -2.42. The lowest BCUT2D eigenvalue weighted by atomic mass is 9.94. The molecule has 170 valence electrons. The topological polar surface area (TPSA) is 45.7 Å². The van der Waals surface area contributed by atoms with Crippen LogP contribution in [0.4, 0.5) is 18.0 Å². The monoisotopic (exact) mass is 453 g/mol. The zero-order valence-corrected chi connectivity index (χ0v) is 17.8. The Morgan fingerprint density at radius 3 is 2.42 bits per heavy atom. The Kier molecular flexibility index (Phi) is 5.44. The lowest BCUT2D eigenvalue weighted by molar-refractivity contribution is -0.137. The van der Waals surface area contributed by atoms with Crippen molar-refractivity contribution in [1.29, 1.82) is 0 Å². The van der Waals surface area contributed by atoms with Gasteiger partial charge in [0, 0.05) is 19.3 Å². The number of rotatable bonds is 3. The van der Waals surface area contributed by atoms with Gasteiger partial charge in [-0.2, -0.15) is 13.2 Å². The third-order valence-electron chi connectivity index (χ3n) is 6.09. The van der Waals surface area contributed by atoms with Crippen LogP contribution in [0.15, 0.2) is 67.0 Å². The molecule has 1 saturated heterocycles. The molecule has 5 nitrogen and oxygen atoms in total. The van der Waals surface area contributed by atoms with Crippen molar-refractivity contribution in [3.63, 3.8) is 0 Å². The SMILES string of the molecule is O=C(N1CCc2ccc(-c3ccc(C(F)(F)F)cc3)cc2C1)N1CC(Oc2cccnc2)C1. The Balaban J connectivity index is 1.23. The number of benzene rings is 2. The molecule has 2 aromatic carbocycles. The molecule has 0 atom stereocenters. The molecule has 3 heterocycles. The summed E-state index contributed by atoms with van der Waals surface area (Å²) in [6, 6.07) is 14.7. The fourth-order valence-electron chi connectivity index (χ4n) is 4.23. The molecule has 0 radical (unpaired) electrons. The van der Waals surface area contributed by atoms with E-state index in [1.807, 2.05) is 29.2 Å². The molecule has 33 heavy (non-hydrogen) atoms. The molecule has 0 aliphatic carbocycles. The fraction of sp³-hybridized carbons (Fsp3) is 0.280. The summed E-state index contributed by atoms with van der Waals surface area (Å²) in [5.41, 5.74) is 3.08. The molecule has 2 amide bonds. The second-order valence-corrected chi connectivity index (χ2v) is 8.35. The Bertz CT molecular complexity index is 1140. The number of fused-ring (bicyclic) bond motifs is 1. The number of carbonyl (C=O) groups is 1. The maximum absolute atomic E-state index is 13.0. The molecule has 0 N–H and O–H groups in total. The van der Waals surface area contributed by atoms with E-state index in [1.54, 1.807) is 23.4 Å². The highest BCUT2D eigenvalue weighted by Crippen LogP contribution is 2.32. The minimum absolute atomic E-state index is 0.0216. The van der Waals surface area contributed by atoms with Crippen molar-refractivity contribution in [2.45, 2.75) is 25.2 Å². The van der Waals surface area contributed by atoms with Crippen LogP contribution < -0.4 is 4.74 Å².